The fraction of sp³-hybridized carbons (Fsp3) is 0.278. The molecule has 0 saturated heterocycles. The van der Waals surface area contributed by atoms with Crippen molar-refractivity contribution in [2.24, 2.45) is 0 Å². The minimum absolute atomic E-state index is 0.295. The van der Waals surface area contributed by atoms with Gasteiger partial charge in [0.15, 0.2) is 6.10 Å². The van der Waals surface area contributed by atoms with Gasteiger partial charge in [-0.05, 0) is 42.8 Å². The molecule has 2 rings (SSSR count). The number of ether oxygens (including phenoxy) is 2. The summed E-state index contributed by atoms with van der Waals surface area (Å²) in [5.74, 6) is 0.408. The van der Waals surface area contributed by atoms with Crippen molar-refractivity contribution in [1.29, 1.82) is 0 Å². The van der Waals surface area contributed by atoms with E-state index in [0.29, 0.717) is 17.9 Å². The third-order valence-corrected chi connectivity index (χ3v) is 3.49. The molecule has 0 aliphatic carbocycles. The van der Waals surface area contributed by atoms with Crippen molar-refractivity contribution in [2.75, 3.05) is 12.4 Å². The molecule has 1 unspecified atom stereocenters. The number of para-hydroxylation sites is 1. The van der Waals surface area contributed by atoms with Gasteiger partial charge in [0, 0.05) is 0 Å². The Balaban J connectivity index is 2.12. The fourth-order valence-electron chi connectivity index (χ4n) is 2.19. The van der Waals surface area contributed by atoms with Gasteiger partial charge in [0.25, 0.3) is 5.91 Å². The highest BCUT2D eigenvalue weighted by Crippen LogP contribution is 2.34. The summed E-state index contributed by atoms with van der Waals surface area (Å²) in [6.07, 6.45) is -5.18. The summed E-state index contributed by atoms with van der Waals surface area (Å²) in [7, 11) is 1.52. The lowest BCUT2D eigenvalue weighted by Gasteiger charge is -2.19. The summed E-state index contributed by atoms with van der Waals surface area (Å²) in [5, 5.41) is 2.30. The monoisotopic (exact) mass is 353 g/mol. The zero-order valence-electron chi connectivity index (χ0n) is 13.8. The van der Waals surface area contributed by atoms with Gasteiger partial charge in [-0.25, -0.2) is 0 Å². The maximum Gasteiger partial charge on any atom is 0.418 e. The zero-order chi connectivity index (χ0) is 18.4. The molecule has 0 aliphatic heterocycles. The van der Waals surface area contributed by atoms with Crippen molar-refractivity contribution in [2.45, 2.75) is 25.6 Å². The third-order valence-electron chi connectivity index (χ3n) is 3.49. The minimum Gasteiger partial charge on any atom is -0.497 e. The van der Waals surface area contributed by atoms with Crippen molar-refractivity contribution in [3.63, 3.8) is 0 Å². The van der Waals surface area contributed by atoms with Gasteiger partial charge < -0.3 is 14.8 Å². The van der Waals surface area contributed by atoms with E-state index in [1.165, 1.54) is 25.3 Å². The summed E-state index contributed by atoms with van der Waals surface area (Å²) in [5.41, 5.74) is -1.19. The first kappa shape index (κ1) is 18.6. The molecule has 0 fully saturated rings. The maximum atomic E-state index is 13.0. The van der Waals surface area contributed by atoms with Crippen LogP contribution in [0.1, 0.15) is 18.9 Å². The van der Waals surface area contributed by atoms with Gasteiger partial charge in [-0.3, -0.25) is 4.79 Å². The summed E-state index contributed by atoms with van der Waals surface area (Å²) in [6, 6.07) is 11.4. The quantitative estimate of drug-likeness (QED) is 0.831. The lowest BCUT2D eigenvalue weighted by atomic mass is 10.1. The van der Waals surface area contributed by atoms with E-state index in [1.807, 2.05) is 0 Å². The average molecular weight is 353 g/mol. The summed E-state index contributed by atoms with van der Waals surface area (Å²) in [6.45, 7) is 1.71. The van der Waals surface area contributed by atoms with E-state index in [9.17, 15) is 18.0 Å². The Kier molecular flexibility index (Phi) is 5.90. The highest BCUT2D eigenvalue weighted by atomic mass is 19.4. The molecule has 1 N–H and O–H groups in total. The highest BCUT2D eigenvalue weighted by molar-refractivity contribution is 5.95. The van der Waals surface area contributed by atoms with Crippen LogP contribution < -0.4 is 14.8 Å². The summed E-state index contributed by atoms with van der Waals surface area (Å²) in [4.78, 5) is 12.3. The summed E-state index contributed by atoms with van der Waals surface area (Å²) >= 11 is 0. The van der Waals surface area contributed by atoms with Crippen LogP contribution in [0, 0.1) is 0 Å². The number of nitrogens with one attached hydrogen (secondary N) is 1. The number of rotatable bonds is 6. The molecule has 2 aromatic rings. The molecule has 2 aromatic carbocycles. The Hall–Kier alpha value is -2.70. The molecule has 7 heteroatoms. The molecule has 25 heavy (non-hydrogen) atoms. The number of methoxy groups -OCH3 is 1. The number of amides is 1. The number of carbonyl (C=O) groups excluding carboxylic acids is 1. The van der Waals surface area contributed by atoms with Crippen LogP contribution in [0.3, 0.4) is 0 Å². The van der Waals surface area contributed by atoms with Gasteiger partial charge in [-0.1, -0.05) is 19.1 Å². The van der Waals surface area contributed by atoms with E-state index in [4.69, 9.17) is 9.47 Å². The number of alkyl halides is 3. The van der Waals surface area contributed by atoms with Crippen molar-refractivity contribution in [3.05, 3.63) is 54.1 Å². The molecular weight excluding hydrogens is 335 g/mol. The Morgan fingerprint density at radius 1 is 1.08 bits per heavy atom. The molecule has 0 aromatic heterocycles. The molecule has 1 amide bonds. The average Bonchev–Trinajstić information content (AvgIpc) is 2.59. The number of halogens is 3. The molecule has 0 saturated carbocycles. The molecular formula is C18H18F3NO3. The first-order valence-electron chi connectivity index (χ1n) is 7.63. The first-order chi connectivity index (χ1) is 11.8. The van der Waals surface area contributed by atoms with Crippen LogP contribution in [0.15, 0.2) is 48.5 Å². The maximum absolute atomic E-state index is 13.0. The van der Waals surface area contributed by atoms with Crippen LogP contribution >= 0.6 is 0 Å². The van der Waals surface area contributed by atoms with Gasteiger partial charge >= 0.3 is 6.18 Å². The van der Waals surface area contributed by atoms with Gasteiger partial charge in [0.1, 0.15) is 11.5 Å². The molecule has 0 heterocycles. The second-order valence-electron chi connectivity index (χ2n) is 5.22. The minimum atomic E-state index is -4.55. The Labute approximate surface area is 143 Å². The van der Waals surface area contributed by atoms with Crippen LogP contribution in [0.4, 0.5) is 18.9 Å². The molecule has 134 valence electrons. The predicted octanol–water partition coefficient (Wildman–Crippen LogP) is 4.51. The Bertz CT molecular complexity index is 714. The molecule has 0 bridgehead atoms. The van der Waals surface area contributed by atoms with Gasteiger partial charge in [-0.2, -0.15) is 13.2 Å². The van der Waals surface area contributed by atoms with E-state index in [2.05, 4.69) is 5.32 Å². The van der Waals surface area contributed by atoms with Crippen molar-refractivity contribution in [1.82, 2.24) is 0 Å². The van der Waals surface area contributed by atoms with E-state index in [1.54, 1.807) is 31.2 Å². The molecule has 1 atom stereocenters. The van der Waals surface area contributed by atoms with Crippen LogP contribution in [-0.2, 0) is 11.0 Å². The van der Waals surface area contributed by atoms with Crippen LogP contribution in [0.5, 0.6) is 11.5 Å². The second-order valence-corrected chi connectivity index (χ2v) is 5.22. The lowest BCUT2D eigenvalue weighted by molar-refractivity contribution is -0.137. The first-order valence-corrected chi connectivity index (χ1v) is 7.63. The SMILES string of the molecule is CCC(Oc1ccc(OC)cc1)C(=O)Nc1ccccc1C(F)(F)F. The molecule has 0 radical (unpaired) electrons. The standard InChI is InChI=1S/C18H18F3NO3/c1-3-16(25-13-10-8-12(24-2)9-11-13)17(23)22-15-7-5-4-6-14(15)18(19,20)21/h4-11,16H,3H2,1-2H3,(H,22,23). The zero-order valence-corrected chi connectivity index (χ0v) is 13.8. The lowest BCUT2D eigenvalue weighted by Crippen LogP contribution is -2.33. The fourth-order valence-corrected chi connectivity index (χ4v) is 2.19. The van der Waals surface area contributed by atoms with Crippen LogP contribution in [-0.4, -0.2) is 19.1 Å². The van der Waals surface area contributed by atoms with Crippen molar-refractivity contribution < 1.29 is 27.4 Å². The number of hydrogen-bond acceptors (Lipinski definition) is 3. The van der Waals surface area contributed by atoms with Crippen molar-refractivity contribution in [3.8, 4) is 11.5 Å². The number of anilines is 1. The topological polar surface area (TPSA) is 47.6 Å². The molecule has 4 nitrogen and oxygen atoms in total. The molecule has 0 spiro atoms. The number of benzene rings is 2. The van der Waals surface area contributed by atoms with Gasteiger partial charge in [0.05, 0.1) is 18.4 Å². The second kappa shape index (κ2) is 7.92. The Morgan fingerprint density at radius 3 is 2.24 bits per heavy atom. The van der Waals surface area contributed by atoms with E-state index in [-0.39, 0.29) is 5.69 Å². The normalized spacial score (nSPS) is 12.4. The summed E-state index contributed by atoms with van der Waals surface area (Å²) < 4.78 is 49.6. The number of carbonyl (C=O) groups is 1. The number of hydrogen-bond donors (Lipinski definition) is 1. The van der Waals surface area contributed by atoms with E-state index < -0.39 is 23.8 Å². The van der Waals surface area contributed by atoms with Crippen molar-refractivity contribution >= 4 is 11.6 Å². The Morgan fingerprint density at radius 2 is 1.68 bits per heavy atom. The predicted molar refractivity (Wildman–Crippen MR) is 87.8 cm³/mol. The third kappa shape index (κ3) is 4.89. The van der Waals surface area contributed by atoms with E-state index in [0.717, 1.165) is 6.07 Å². The largest absolute Gasteiger partial charge is 0.497 e. The van der Waals surface area contributed by atoms with Gasteiger partial charge in [0.2, 0.25) is 0 Å². The van der Waals surface area contributed by atoms with Crippen LogP contribution in [0.2, 0.25) is 0 Å². The highest BCUT2D eigenvalue weighted by Gasteiger charge is 2.34. The molecule has 0 aliphatic rings. The van der Waals surface area contributed by atoms with Gasteiger partial charge in [-0.15, -0.1) is 0 Å². The smallest absolute Gasteiger partial charge is 0.418 e. The van der Waals surface area contributed by atoms with Crippen LogP contribution in [0.25, 0.3) is 0 Å². The van der Waals surface area contributed by atoms with E-state index >= 15 is 0 Å².